The van der Waals surface area contributed by atoms with Crippen LogP contribution < -0.4 is 10.0 Å². The summed E-state index contributed by atoms with van der Waals surface area (Å²) in [5.41, 5.74) is 0.880. The minimum absolute atomic E-state index is 0.0408. The van der Waals surface area contributed by atoms with Gasteiger partial charge >= 0.3 is 0 Å². The van der Waals surface area contributed by atoms with E-state index in [2.05, 4.69) is 20.2 Å². The van der Waals surface area contributed by atoms with Crippen LogP contribution >= 0.6 is 11.3 Å². The third kappa shape index (κ3) is 4.43. The fourth-order valence-electron chi connectivity index (χ4n) is 2.64. The van der Waals surface area contributed by atoms with Gasteiger partial charge in [0.2, 0.25) is 5.13 Å². The van der Waals surface area contributed by atoms with E-state index in [4.69, 9.17) is 0 Å². The second-order valence-electron chi connectivity index (χ2n) is 6.77. The fraction of sp³-hybridized carbons (Fsp3) is 0.211. The van der Waals surface area contributed by atoms with Crippen molar-refractivity contribution < 1.29 is 17.6 Å². The van der Waals surface area contributed by atoms with Crippen molar-refractivity contribution in [3.63, 3.8) is 0 Å². The molecule has 0 aliphatic heterocycles. The van der Waals surface area contributed by atoms with Gasteiger partial charge in [-0.1, -0.05) is 11.3 Å². The van der Waals surface area contributed by atoms with Gasteiger partial charge in [0.1, 0.15) is 10.8 Å². The van der Waals surface area contributed by atoms with Crippen LogP contribution in [-0.2, 0) is 10.0 Å². The molecule has 1 aromatic heterocycles. The molecule has 0 atom stereocenters. The van der Waals surface area contributed by atoms with E-state index < -0.39 is 15.8 Å². The number of carbonyl (C=O) groups is 1. The molecule has 1 fully saturated rings. The van der Waals surface area contributed by atoms with Crippen molar-refractivity contribution in [3.05, 3.63) is 64.4 Å². The molecular formula is C19H17FN4O3S2. The Labute approximate surface area is 171 Å². The lowest BCUT2D eigenvalue weighted by Gasteiger charge is -2.09. The Bertz CT molecular complexity index is 1170. The number of nitrogens with zero attached hydrogens (tertiary/aromatic N) is 2. The predicted octanol–water partition coefficient (Wildman–Crippen LogP) is 3.92. The highest BCUT2D eigenvalue weighted by Crippen LogP contribution is 2.42. The number of nitrogens with one attached hydrogen (secondary N) is 2. The van der Waals surface area contributed by atoms with Crippen molar-refractivity contribution >= 4 is 38.1 Å². The SMILES string of the molecule is Cc1cc(S(=O)(=O)Nc2ccc(C(=O)Nc3nnc(C4CC4)s3)cc2)ccc1F. The minimum atomic E-state index is -3.87. The van der Waals surface area contributed by atoms with Crippen molar-refractivity contribution in [2.24, 2.45) is 0 Å². The van der Waals surface area contributed by atoms with E-state index in [0.29, 0.717) is 16.6 Å². The molecule has 10 heteroatoms. The van der Waals surface area contributed by atoms with Gasteiger partial charge in [-0.25, -0.2) is 12.8 Å². The number of hydrogen-bond donors (Lipinski definition) is 2. The Morgan fingerprint density at radius 2 is 1.86 bits per heavy atom. The first-order valence-corrected chi connectivity index (χ1v) is 11.2. The molecule has 1 saturated carbocycles. The Morgan fingerprint density at radius 1 is 1.14 bits per heavy atom. The largest absolute Gasteiger partial charge is 0.296 e. The third-order valence-electron chi connectivity index (χ3n) is 4.43. The van der Waals surface area contributed by atoms with Crippen LogP contribution in [0.15, 0.2) is 47.4 Å². The summed E-state index contributed by atoms with van der Waals surface area (Å²) in [5, 5.41) is 12.1. The summed E-state index contributed by atoms with van der Waals surface area (Å²) in [4.78, 5) is 12.3. The maximum Gasteiger partial charge on any atom is 0.261 e. The second-order valence-corrected chi connectivity index (χ2v) is 9.46. The van der Waals surface area contributed by atoms with Crippen LogP contribution in [0.4, 0.5) is 15.2 Å². The van der Waals surface area contributed by atoms with E-state index >= 15 is 0 Å². The number of carbonyl (C=O) groups excluding carboxylic acids is 1. The monoisotopic (exact) mass is 432 g/mol. The highest BCUT2D eigenvalue weighted by Gasteiger charge is 2.27. The molecule has 0 spiro atoms. The molecule has 0 radical (unpaired) electrons. The molecule has 1 amide bonds. The summed E-state index contributed by atoms with van der Waals surface area (Å²) in [6.45, 7) is 1.49. The van der Waals surface area contributed by atoms with Crippen LogP contribution in [0.2, 0.25) is 0 Å². The van der Waals surface area contributed by atoms with E-state index in [1.807, 2.05) is 0 Å². The fourth-order valence-corrected chi connectivity index (χ4v) is 4.69. The molecule has 3 aromatic rings. The predicted molar refractivity (Wildman–Crippen MR) is 108 cm³/mol. The van der Waals surface area contributed by atoms with Crippen molar-refractivity contribution in [2.75, 3.05) is 10.0 Å². The number of aromatic nitrogens is 2. The molecule has 150 valence electrons. The molecule has 1 aliphatic rings. The van der Waals surface area contributed by atoms with Crippen molar-refractivity contribution in [2.45, 2.75) is 30.6 Å². The molecule has 4 rings (SSSR count). The maximum absolute atomic E-state index is 13.4. The molecule has 2 N–H and O–H groups in total. The van der Waals surface area contributed by atoms with Gasteiger partial charge in [-0.15, -0.1) is 10.2 Å². The van der Waals surface area contributed by atoms with Crippen LogP contribution in [0, 0.1) is 12.7 Å². The summed E-state index contributed by atoms with van der Waals surface area (Å²) in [7, 11) is -3.87. The maximum atomic E-state index is 13.4. The van der Waals surface area contributed by atoms with Gasteiger partial charge in [0.25, 0.3) is 15.9 Å². The van der Waals surface area contributed by atoms with Crippen LogP contribution in [-0.4, -0.2) is 24.5 Å². The Kier molecular flexibility index (Phi) is 5.05. The van der Waals surface area contributed by atoms with E-state index in [9.17, 15) is 17.6 Å². The molecule has 0 unspecified atom stereocenters. The number of halogens is 1. The van der Waals surface area contributed by atoms with Crippen molar-refractivity contribution in [1.29, 1.82) is 0 Å². The number of amides is 1. The van der Waals surface area contributed by atoms with Gasteiger partial charge in [-0.05, 0) is 67.8 Å². The van der Waals surface area contributed by atoms with Gasteiger partial charge in [-0.2, -0.15) is 0 Å². The first kappa shape index (κ1) is 19.5. The van der Waals surface area contributed by atoms with Gasteiger partial charge in [0.05, 0.1) is 4.90 Å². The summed E-state index contributed by atoms with van der Waals surface area (Å²) in [5.74, 6) is -0.360. The van der Waals surface area contributed by atoms with Crippen LogP contribution in [0.25, 0.3) is 0 Å². The zero-order valence-electron chi connectivity index (χ0n) is 15.3. The lowest BCUT2D eigenvalue weighted by Crippen LogP contribution is -2.14. The zero-order chi connectivity index (χ0) is 20.6. The molecule has 1 aliphatic carbocycles. The first-order valence-electron chi connectivity index (χ1n) is 8.85. The average molecular weight is 433 g/mol. The first-order chi connectivity index (χ1) is 13.8. The van der Waals surface area contributed by atoms with Crippen LogP contribution in [0.5, 0.6) is 0 Å². The Morgan fingerprint density at radius 3 is 2.52 bits per heavy atom. The zero-order valence-corrected chi connectivity index (χ0v) is 17.0. The van der Waals surface area contributed by atoms with E-state index in [0.717, 1.165) is 23.9 Å². The summed E-state index contributed by atoms with van der Waals surface area (Å²) in [6, 6.07) is 9.55. The second kappa shape index (κ2) is 7.53. The number of anilines is 2. The summed E-state index contributed by atoms with van der Waals surface area (Å²) in [6.07, 6.45) is 2.22. The molecular weight excluding hydrogens is 415 g/mol. The van der Waals surface area contributed by atoms with E-state index in [1.54, 1.807) is 0 Å². The lowest BCUT2D eigenvalue weighted by atomic mass is 10.2. The number of benzene rings is 2. The highest BCUT2D eigenvalue weighted by atomic mass is 32.2. The smallest absolute Gasteiger partial charge is 0.261 e. The topological polar surface area (TPSA) is 101 Å². The van der Waals surface area contributed by atoms with Crippen LogP contribution in [0.3, 0.4) is 0 Å². The molecule has 2 aromatic carbocycles. The molecule has 1 heterocycles. The van der Waals surface area contributed by atoms with E-state index in [1.165, 1.54) is 54.7 Å². The lowest BCUT2D eigenvalue weighted by molar-refractivity contribution is 0.102. The normalized spacial score (nSPS) is 13.9. The van der Waals surface area contributed by atoms with E-state index in [-0.39, 0.29) is 22.1 Å². The van der Waals surface area contributed by atoms with Crippen molar-refractivity contribution in [3.8, 4) is 0 Å². The number of hydrogen-bond acceptors (Lipinski definition) is 6. The summed E-state index contributed by atoms with van der Waals surface area (Å²) < 4.78 is 40.7. The standard InChI is InChI=1S/C19H17FN4O3S2/c1-11-10-15(8-9-16(11)20)29(26,27)24-14-6-4-12(5-7-14)17(25)21-19-23-22-18(28-19)13-2-3-13/h4-10,13,24H,2-3H2,1H3,(H,21,23,25). The van der Waals surface area contributed by atoms with Gasteiger partial charge in [0.15, 0.2) is 0 Å². The number of rotatable bonds is 6. The quantitative estimate of drug-likeness (QED) is 0.615. The molecule has 0 bridgehead atoms. The number of sulfonamides is 1. The highest BCUT2D eigenvalue weighted by molar-refractivity contribution is 7.92. The van der Waals surface area contributed by atoms with Crippen LogP contribution in [0.1, 0.15) is 39.7 Å². The molecule has 29 heavy (non-hydrogen) atoms. The number of aryl methyl sites for hydroxylation is 1. The third-order valence-corrected chi connectivity index (χ3v) is 6.81. The summed E-state index contributed by atoms with van der Waals surface area (Å²) >= 11 is 1.36. The van der Waals surface area contributed by atoms with Gasteiger partial charge < -0.3 is 0 Å². The Balaban J connectivity index is 1.43. The Hall–Kier alpha value is -2.85. The molecule has 7 nitrogen and oxygen atoms in total. The minimum Gasteiger partial charge on any atom is -0.296 e. The van der Waals surface area contributed by atoms with Crippen molar-refractivity contribution in [1.82, 2.24) is 10.2 Å². The van der Waals surface area contributed by atoms with Gasteiger partial charge in [-0.3, -0.25) is 14.8 Å². The van der Waals surface area contributed by atoms with Gasteiger partial charge in [0, 0.05) is 17.2 Å². The average Bonchev–Trinajstić information content (AvgIpc) is 3.43. The molecule has 0 saturated heterocycles.